The van der Waals surface area contributed by atoms with E-state index in [0.29, 0.717) is 33.0 Å². The number of halogens is 1. The Hall–Kier alpha value is -1.01. The lowest BCUT2D eigenvalue weighted by molar-refractivity contribution is 0.0256. The minimum Gasteiger partial charge on any atom is -0.382 e. The van der Waals surface area contributed by atoms with E-state index in [1.165, 1.54) is 12.1 Å². The highest BCUT2D eigenvalue weighted by molar-refractivity contribution is 5.16. The summed E-state index contributed by atoms with van der Waals surface area (Å²) in [4.78, 5) is 0. The quantitative estimate of drug-likeness (QED) is 0.593. The molecule has 1 aromatic rings. The molecular formula is C15H24FNO3. The second-order valence-corrected chi connectivity index (χ2v) is 4.34. The molecule has 0 saturated carbocycles. The van der Waals surface area contributed by atoms with E-state index in [2.05, 4.69) is 5.32 Å². The predicted molar refractivity (Wildman–Crippen MR) is 76.5 cm³/mol. The Morgan fingerprint density at radius 2 is 1.55 bits per heavy atom. The van der Waals surface area contributed by atoms with Crippen molar-refractivity contribution in [1.82, 2.24) is 5.32 Å². The van der Waals surface area contributed by atoms with Crippen LogP contribution in [0.5, 0.6) is 0 Å². The maximum Gasteiger partial charge on any atom is 0.123 e. The molecular weight excluding hydrogens is 261 g/mol. The highest BCUT2D eigenvalue weighted by Gasteiger charge is 1.94. The number of nitrogens with one attached hydrogen (secondary N) is 1. The molecule has 0 saturated heterocycles. The first kappa shape index (κ1) is 17.0. The van der Waals surface area contributed by atoms with Gasteiger partial charge in [-0.3, -0.25) is 0 Å². The summed E-state index contributed by atoms with van der Waals surface area (Å²) >= 11 is 0. The molecule has 1 aromatic carbocycles. The van der Waals surface area contributed by atoms with Gasteiger partial charge in [-0.05, 0) is 30.7 Å². The minimum absolute atomic E-state index is 0.192. The van der Waals surface area contributed by atoms with Crippen LogP contribution in [-0.2, 0) is 20.6 Å². The number of rotatable bonds is 12. The van der Waals surface area contributed by atoms with Gasteiger partial charge in [0.15, 0.2) is 0 Å². The first-order valence-corrected chi connectivity index (χ1v) is 6.92. The van der Waals surface area contributed by atoms with Crippen molar-refractivity contribution in [3.63, 3.8) is 0 Å². The predicted octanol–water partition coefficient (Wildman–Crippen LogP) is 1.64. The van der Waals surface area contributed by atoms with Crippen LogP contribution in [0, 0.1) is 5.82 Å². The van der Waals surface area contributed by atoms with Crippen LogP contribution >= 0.6 is 0 Å². The normalized spacial score (nSPS) is 10.9. The van der Waals surface area contributed by atoms with Crippen LogP contribution in [0.4, 0.5) is 4.39 Å². The third-order valence-corrected chi connectivity index (χ3v) is 2.73. The highest BCUT2D eigenvalue weighted by atomic mass is 19.1. The lowest BCUT2D eigenvalue weighted by Gasteiger charge is -2.07. The van der Waals surface area contributed by atoms with Crippen LogP contribution < -0.4 is 5.32 Å². The van der Waals surface area contributed by atoms with E-state index in [1.807, 2.05) is 12.1 Å². The number of hydrogen-bond donors (Lipinski definition) is 1. The molecule has 1 rings (SSSR count). The Bertz CT molecular complexity index is 332. The average Bonchev–Trinajstić information content (AvgIpc) is 2.47. The van der Waals surface area contributed by atoms with Crippen molar-refractivity contribution in [3.8, 4) is 0 Å². The number of hydrogen-bond acceptors (Lipinski definition) is 4. The summed E-state index contributed by atoms with van der Waals surface area (Å²) in [7, 11) is 1.65. The molecule has 0 heterocycles. The summed E-state index contributed by atoms with van der Waals surface area (Å²) in [5, 5.41) is 3.28. The van der Waals surface area contributed by atoms with Gasteiger partial charge in [-0.15, -0.1) is 0 Å². The molecule has 0 aromatic heterocycles. The fourth-order valence-electron chi connectivity index (χ4n) is 1.62. The Kier molecular flexibility index (Phi) is 10.0. The molecule has 4 nitrogen and oxygen atoms in total. The lowest BCUT2D eigenvalue weighted by Crippen LogP contribution is -2.23. The van der Waals surface area contributed by atoms with Gasteiger partial charge in [0.1, 0.15) is 5.82 Å². The molecule has 0 bridgehead atoms. The van der Waals surface area contributed by atoms with E-state index in [4.69, 9.17) is 14.2 Å². The second-order valence-electron chi connectivity index (χ2n) is 4.34. The van der Waals surface area contributed by atoms with E-state index in [1.54, 1.807) is 7.11 Å². The lowest BCUT2D eigenvalue weighted by atomic mass is 10.1. The molecule has 0 radical (unpaired) electrons. The van der Waals surface area contributed by atoms with Crippen molar-refractivity contribution < 1.29 is 18.6 Å². The summed E-state index contributed by atoms with van der Waals surface area (Å²) in [6, 6.07) is 6.60. The van der Waals surface area contributed by atoms with Gasteiger partial charge in [-0.25, -0.2) is 4.39 Å². The molecule has 0 aliphatic carbocycles. The summed E-state index contributed by atoms with van der Waals surface area (Å²) in [5.41, 5.74) is 1.13. The average molecular weight is 285 g/mol. The zero-order chi connectivity index (χ0) is 14.5. The Morgan fingerprint density at radius 1 is 0.900 bits per heavy atom. The van der Waals surface area contributed by atoms with Crippen molar-refractivity contribution in [1.29, 1.82) is 0 Å². The zero-order valence-electron chi connectivity index (χ0n) is 12.1. The molecule has 114 valence electrons. The van der Waals surface area contributed by atoms with E-state index < -0.39 is 0 Å². The molecule has 0 amide bonds. The maximum absolute atomic E-state index is 12.7. The first-order valence-electron chi connectivity index (χ1n) is 6.92. The monoisotopic (exact) mass is 285 g/mol. The fourth-order valence-corrected chi connectivity index (χ4v) is 1.62. The van der Waals surface area contributed by atoms with Crippen molar-refractivity contribution in [2.75, 3.05) is 53.2 Å². The van der Waals surface area contributed by atoms with E-state index >= 15 is 0 Å². The van der Waals surface area contributed by atoms with Gasteiger partial charge in [0.05, 0.1) is 33.0 Å². The van der Waals surface area contributed by atoms with Gasteiger partial charge in [0.25, 0.3) is 0 Å². The molecule has 0 unspecified atom stereocenters. The highest BCUT2D eigenvalue weighted by Crippen LogP contribution is 2.02. The van der Waals surface area contributed by atoms with E-state index in [9.17, 15) is 4.39 Å². The third kappa shape index (κ3) is 8.98. The smallest absolute Gasteiger partial charge is 0.123 e. The Morgan fingerprint density at radius 3 is 2.25 bits per heavy atom. The summed E-state index contributed by atoms with van der Waals surface area (Å²) in [5.74, 6) is -0.192. The SMILES string of the molecule is COCCOCCOCCNCCc1ccc(F)cc1. The van der Waals surface area contributed by atoms with Crippen LogP contribution in [0.2, 0.25) is 0 Å². The third-order valence-electron chi connectivity index (χ3n) is 2.73. The van der Waals surface area contributed by atoms with Gasteiger partial charge in [-0.2, -0.15) is 0 Å². The van der Waals surface area contributed by atoms with Gasteiger partial charge in [0.2, 0.25) is 0 Å². The number of benzene rings is 1. The first-order chi connectivity index (χ1) is 9.83. The Labute approximate surface area is 120 Å². The Balaban J connectivity index is 1.84. The summed E-state index contributed by atoms with van der Waals surface area (Å²) in [6.07, 6.45) is 0.889. The van der Waals surface area contributed by atoms with Crippen LogP contribution in [0.15, 0.2) is 24.3 Å². The molecule has 0 aliphatic rings. The summed E-state index contributed by atoms with van der Waals surface area (Å²) in [6.45, 7) is 4.75. The largest absolute Gasteiger partial charge is 0.382 e. The van der Waals surface area contributed by atoms with Crippen LogP contribution in [0.3, 0.4) is 0 Å². The number of methoxy groups -OCH3 is 1. The van der Waals surface area contributed by atoms with Gasteiger partial charge in [-0.1, -0.05) is 12.1 Å². The second kappa shape index (κ2) is 11.8. The van der Waals surface area contributed by atoms with Crippen LogP contribution in [-0.4, -0.2) is 53.2 Å². The molecule has 0 spiro atoms. The molecule has 1 N–H and O–H groups in total. The van der Waals surface area contributed by atoms with Crippen molar-refractivity contribution in [2.24, 2.45) is 0 Å². The maximum atomic E-state index is 12.7. The fraction of sp³-hybridized carbons (Fsp3) is 0.600. The van der Waals surface area contributed by atoms with Gasteiger partial charge >= 0.3 is 0 Å². The minimum atomic E-state index is -0.192. The standard InChI is InChI=1S/C15H24FNO3/c1-18-10-11-20-13-12-19-9-8-17-7-6-14-2-4-15(16)5-3-14/h2-5,17H,6-13H2,1H3. The van der Waals surface area contributed by atoms with Crippen molar-refractivity contribution in [2.45, 2.75) is 6.42 Å². The summed E-state index contributed by atoms with van der Waals surface area (Å²) < 4.78 is 28.2. The van der Waals surface area contributed by atoms with Crippen LogP contribution in [0.1, 0.15) is 5.56 Å². The molecule has 0 aliphatic heterocycles. The van der Waals surface area contributed by atoms with Crippen molar-refractivity contribution in [3.05, 3.63) is 35.6 Å². The van der Waals surface area contributed by atoms with Crippen molar-refractivity contribution >= 4 is 0 Å². The zero-order valence-corrected chi connectivity index (χ0v) is 12.1. The van der Waals surface area contributed by atoms with E-state index in [-0.39, 0.29) is 5.82 Å². The molecule has 5 heteroatoms. The number of ether oxygens (including phenoxy) is 3. The molecule has 20 heavy (non-hydrogen) atoms. The van der Waals surface area contributed by atoms with Crippen LogP contribution in [0.25, 0.3) is 0 Å². The van der Waals surface area contributed by atoms with Gasteiger partial charge < -0.3 is 19.5 Å². The molecule has 0 fully saturated rings. The molecule has 0 atom stereocenters. The topological polar surface area (TPSA) is 39.7 Å². The van der Waals surface area contributed by atoms with Gasteiger partial charge in [0, 0.05) is 13.7 Å². The van der Waals surface area contributed by atoms with E-state index in [0.717, 1.165) is 25.1 Å².